The summed E-state index contributed by atoms with van der Waals surface area (Å²) in [5.41, 5.74) is 0.331. The van der Waals surface area contributed by atoms with Crippen LogP contribution in [0.2, 0.25) is 0 Å². The van der Waals surface area contributed by atoms with Gasteiger partial charge in [-0.05, 0) is 24.3 Å². The van der Waals surface area contributed by atoms with Crippen molar-refractivity contribution in [2.45, 2.75) is 0 Å². The number of ketones is 1. The molecule has 1 heterocycles. The fourth-order valence-electron chi connectivity index (χ4n) is 3.41. The quantitative estimate of drug-likeness (QED) is 0.238. The Morgan fingerprint density at radius 2 is 1.64 bits per heavy atom. The monoisotopic (exact) mass is 460 g/mol. The number of hydrogen-bond acceptors (Lipinski definition) is 10. The van der Waals surface area contributed by atoms with Crippen LogP contribution in [0.15, 0.2) is 30.3 Å². The van der Waals surface area contributed by atoms with Gasteiger partial charge in [-0.1, -0.05) is 0 Å². The van der Waals surface area contributed by atoms with E-state index in [1.165, 1.54) is 45.6 Å². The molecule has 3 rings (SSSR count). The number of morpholine rings is 1. The Labute approximate surface area is 189 Å². The zero-order valence-electron chi connectivity index (χ0n) is 18.5. The molecule has 1 fully saturated rings. The summed E-state index contributed by atoms with van der Waals surface area (Å²) in [5, 5.41) is 11.6. The fraction of sp³-hybridized carbons (Fsp3) is 0.364. The summed E-state index contributed by atoms with van der Waals surface area (Å²) in [7, 11) is 4.27. The standard InChI is InChI=1S/C22H24N2O9/c1-29-19-11-15(12-20(30-2)21(19)31-3)18(25)13-33-22(26)14-4-5-16(17(10-14)24(27)28)23-6-8-32-9-7-23/h4-5,10-12H,6-9,13H2,1-3H3. The van der Waals surface area contributed by atoms with E-state index in [9.17, 15) is 19.7 Å². The van der Waals surface area contributed by atoms with Crippen molar-refractivity contribution in [3.8, 4) is 17.2 Å². The summed E-state index contributed by atoms with van der Waals surface area (Å²) in [4.78, 5) is 37.9. The van der Waals surface area contributed by atoms with Crippen LogP contribution in [-0.4, -0.2) is 70.9 Å². The summed E-state index contributed by atoms with van der Waals surface area (Å²) < 4.78 is 26.0. The van der Waals surface area contributed by atoms with Crippen LogP contribution in [0.1, 0.15) is 20.7 Å². The van der Waals surface area contributed by atoms with Crippen molar-refractivity contribution in [1.29, 1.82) is 0 Å². The lowest BCUT2D eigenvalue weighted by Gasteiger charge is -2.28. The fourth-order valence-corrected chi connectivity index (χ4v) is 3.41. The molecule has 0 radical (unpaired) electrons. The van der Waals surface area contributed by atoms with Crippen LogP contribution in [0.4, 0.5) is 11.4 Å². The van der Waals surface area contributed by atoms with Crippen LogP contribution in [-0.2, 0) is 9.47 Å². The van der Waals surface area contributed by atoms with Crippen LogP contribution in [0, 0.1) is 10.1 Å². The Balaban J connectivity index is 1.74. The van der Waals surface area contributed by atoms with Crippen molar-refractivity contribution in [2.24, 2.45) is 0 Å². The number of nitro groups is 1. The van der Waals surface area contributed by atoms with E-state index < -0.39 is 23.3 Å². The maximum Gasteiger partial charge on any atom is 0.338 e. The second-order valence-electron chi connectivity index (χ2n) is 6.97. The third-order valence-electron chi connectivity index (χ3n) is 5.08. The van der Waals surface area contributed by atoms with Gasteiger partial charge in [-0.3, -0.25) is 14.9 Å². The van der Waals surface area contributed by atoms with Crippen molar-refractivity contribution in [3.63, 3.8) is 0 Å². The van der Waals surface area contributed by atoms with E-state index in [0.717, 1.165) is 6.07 Å². The molecule has 0 amide bonds. The number of ether oxygens (including phenoxy) is 5. The summed E-state index contributed by atoms with van der Waals surface area (Å²) in [5.74, 6) is -0.489. The molecular formula is C22H24N2O9. The zero-order valence-corrected chi connectivity index (χ0v) is 18.5. The van der Waals surface area contributed by atoms with Gasteiger partial charge >= 0.3 is 5.97 Å². The number of nitrogens with zero attached hydrogens (tertiary/aromatic N) is 2. The minimum atomic E-state index is -0.854. The zero-order chi connectivity index (χ0) is 24.0. The predicted molar refractivity (Wildman–Crippen MR) is 117 cm³/mol. The predicted octanol–water partition coefficient (Wildman–Crippen LogP) is 2.50. The summed E-state index contributed by atoms with van der Waals surface area (Å²) in [6, 6.07) is 6.97. The van der Waals surface area contributed by atoms with Crippen molar-refractivity contribution < 1.29 is 38.2 Å². The first-order valence-corrected chi connectivity index (χ1v) is 10.0. The Morgan fingerprint density at radius 3 is 2.18 bits per heavy atom. The number of Topliss-reactive ketones (excluding diaryl/α,β-unsaturated/α-hetero) is 1. The van der Waals surface area contributed by atoms with Gasteiger partial charge in [-0.2, -0.15) is 0 Å². The maximum atomic E-state index is 12.6. The number of hydrogen-bond donors (Lipinski definition) is 0. The topological polar surface area (TPSA) is 127 Å². The van der Waals surface area contributed by atoms with Crippen molar-refractivity contribution in [1.82, 2.24) is 0 Å². The smallest absolute Gasteiger partial charge is 0.338 e. The highest BCUT2D eigenvalue weighted by Gasteiger charge is 2.24. The molecule has 0 unspecified atom stereocenters. The highest BCUT2D eigenvalue weighted by Crippen LogP contribution is 2.38. The molecule has 11 heteroatoms. The maximum absolute atomic E-state index is 12.6. The molecule has 1 aliphatic rings. The largest absolute Gasteiger partial charge is 0.493 e. The molecule has 11 nitrogen and oxygen atoms in total. The van der Waals surface area contributed by atoms with E-state index in [1.54, 1.807) is 0 Å². The van der Waals surface area contributed by atoms with Gasteiger partial charge in [0.05, 0.1) is 45.0 Å². The van der Waals surface area contributed by atoms with E-state index in [4.69, 9.17) is 23.7 Å². The SMILES string of the molecule is COc1cc(C(=O)COC(=O)c2ccc(N3CCOCC3)c([N+](=O)[O-])c2)cc(OC)c1OC. The molecule has 0 aromatic heterocycles. The number of carbonyl (C=O) groups excluding carboxylic acids is 2. The van der Waals surface area contributed by atoms with Gasteiger partial charge in [0.2, 0.25) is 11.5 Å². The van der Waals surface area contributed by atoms with E-state index in [2.05, 4.69) is 0 Å². The Morgan fingerprint density at radius 1 is 1.00 bits per heavy atom. The van der Waals surface area contributed by atoms with Gasteiger partial charge in [0, 0.05) is 24.7 Å². The number of esters is 1. The molecule has 0 saturated carbocycles. The molecule has 1 aliphatic heterocycles. The second-order valence-corrected chi connectivity index (χ2v) is 6.97. The van der Waals surface area contributed by atoms with Crippen molar-refractivity contribution in [2.75, 3.05) is 59.1 Å². The van der Waals surface area contributed by atoms with Crippen molar-refractivity contribution in [3.05, 3.63) is 51.6 Å². The van der Waals surface area contributed by atoms with E-state index in [1.807, 2.05) is 4.90 Å². The van der Waals surface area contributed by atoms with Crippen LogP contribution in [0.5, 0.6) is 17.2 Å². The summed E-state index contributed by atoms with van der Waals surface area (Å²) in [6.07, 6.45) is 0. The minimum Gasteiger partial charge on any atom is -0.493 e. The number of nitro benzene ring substituents is 1. The lowest BCUT2D eigenvalue weighted by Crippen LogP contribution is -2.36. The average molecular weight is 460 g/mol. The van der Waals surface area contributed by atoms with Crippen LogP contribution in [0.3, 0.4) is 0 Å². The highest BCUT2D eigenvalue weighted by molar-refractivity contribution is 6.00. The molecule has 0 spiro atoms. The number of benzene rings is 2. The normalized spacial score (nSPS) is 13.2. The van der Waals surface area contributed by atoms with Gasteiger partial charge in [0.1, 0.15) is 5.69 Å². The van der Waals surface area contributed by atoms with Gasteiger partial charge in [-0.25, -0.2) is 4.79 Å². The summed E-state index contributed by atoms with van der Waals surface area (Å²) in [6.45, 7) is 1.37. The lowest BCUT2D eigenvalue weighted by atomic mass is 10.1. The minimum absolute atomic E-state index is 0.0311. The molecule has 1 saturated heterocycles. The Bertz CT molecular complexity index is 1020. The second kappa shape index (κ2) is 10.6. The van der Waals surface area contributed by atoms with Crippen LogP contribution >= 0.6 is 0 Å². The third-order valence-corrected chi connectivity index (χ3v) is 5.08. The molecule has 0 N–H and O–H groups in total. The molecule has 0 aliphatic carbocycles. The number of anilines is 1. The van der Waals surface area contributed by atoms with Crippen LogP contribution < -0.4 is 19.1 Å². The van der Waals surface area contributed by atoms with Gasteiger partial charge in [0.25, 0.3) is 5.69 Å². The lowest BCUT2D eigenvalue weighted by molar-refractivity contribution is -0.384. The average Bonchev–Trinajstić information content (AvgIpc) is 2.86. The van der Waals surface area contributed by atoms with Gasteiger partial charge in [-0.15, -0.1) is 0 Å². The first-order chi connectivity index (χ1) is 15.9. The van der Waals surface area contributed by atoms with E-state index in [0.29, 0.717) is 37.7 Å². The Kier molecular flexibility index (Phi) is 7.67. The molecule has 176 valence electrons. The van der Waals surface area contributed by atoms with Gasteiger partial charge in [0.15, 0.2) is 18.1 Å². The first-order valence-electron chi connectivity index (χ1n) is 10.0. The van der Waals surface area contributed by atoms with Crippen LogP contribution in [0.25, 0.3) is 0 Å². The van der Waals surface area contributed by atoms with Crippen molar-refractivity contribution >= 4 is 23.1 Å². The number of carbonyl (C=O) groups is 2. The molecular weight excluding hydrogens is 436 g/mol. The number of rotatable bonds is 9. The molecule has 0 atom stereocenters. The van der Waals surface area contributed by atoms with E-state index >= 15 is 0 Å². The molecule has 2 aromatic rings. The first kappa shape index (κ1) is 23.8. The number of methoxy groups -OCH3 is 3. The summed E-state index contributed by atoms with van der Waals surface area (Å²) >= 11 is 0. The molecule has 33 heavy (non-hydrogen) atoms. The van der Waals surface area contributed by atoms with Gasteiger partial charge < -0.3 is 28.6 Å². The highest BCUT2D eigenvalue weighted by atomic mass is 16.6. The third kappa shape index (κ3) is 5.32. The van der Waals surface area contributed by atoms with E-state index in [-0.39, 0.29) is 28.3 Å². The molecule has 2 aromatic carbocycles. The Hall–Kier alpha value is -3.86. The molecule has 0 bridgehead atoms.